The van der Waals surface area contributed by atoms with Crippen LogP contribution in [0.3, 0.4) is 0 Å². The van der Waals surface area contributed by atoms with Gasteiger partial charge >= 0.3 is 0 Å². The maximum absolute atomic E-state index is 7.35. The van der Waals surface area contributed by atoms with Gasteiger partial charge in [-0.15, -0.1) is 0 Å². The zero-order valence-corrected chi connectivity index (χ0v) is 65.9. The van der Waals surface area contributed by atoms with Crippen molar-refractivity contribution in [1.82, 2.24) is 0 Å². The molecule has 0 unspecified atom stereocenters. The van der Waals surface area contributed by atoms with E-state index in [9.17, 15) is 0 Å². The van der Waals surface area contributed by atoms with E-state index in [2.05, 4.69) is 338 Å². The van der Waals surface area contributed by atoms with Crippen LogP contribution in [-0.4, -0.2) is 28.4 Å². The minimum atomic E-state index is -1.19. The molecule has 4 heterocycles. The topological polar surface area (TPSA) is 102 Å². The highest BCUT2D eigenvalue weighted by Crippen LogP contribution is 2.53. The van der Waals surface area contributed by atoms with Crippen molar-refractivity contribution < 1.29 is 36.6 Å². The summed E-state index contributed by atoms with van der Waals surface area (Å²) in [6, 6.07) is 120. The maximum atomic E-state index is 7.35. The Hall–Kier alpha value is -14.9. The van der Waals surface area contributed by atoms with E-state index in [1.54, 1.807) is 28.4 Å². The molecule has 0 spiro atoms. The third kappa shape index (κ3) is 12.6. The lowest BCUT2D eigenvalue weighted by Crippen LogP contribution is -2.31. The second kappa shape index (κ2) is 28.9. The monoisotopic (exact) mass is 1520 g/mol. The van der Waals surface area contributed by atoms with Crippen LogP contribution >= 0.6 is 0 Å². The van der Waals surface area contributed by atoms with E-state index in [4.69, 9.17) is 36.6 Å². The largest absolute Gasteiger partial charge is 0.497 e. The molecule has 12 heteroatoms. The van der Waals surface area contributed by atoms with E-state index in [0.29, 0.717) is 16.7 Å². The van der Waals surface area contributed by atoms with Gasteiger partial charge in [-0.25, -0.2) is 0 Å². The van der Waals surface area contributed by atoms with Crippen LogP contribution in [0.25, 0.3) is 87.8 Å². The Morgan fingerprint density at radius 3 is 0.513 bits per heavy atom. The molecule has 0 aliphatic rings. The number of rotatable bonds is 20. The zero-order valence-electron chi connectivity index (χ0n) is 65.9. The molecule has 0 aliphatic carbocycles. The Kier molecular flexibility index (Phi) is 17.6. The number of furan rings is 4. The van der Waals surface area contributed by atoms with E-state index in [-0.39, 0.29) is 0 Å². The normalized spacial score (nSPS) is 11.8. The van der Waals surface area contributed by atoms with Crippen molar-refractivity contribution in [3.63, 3.8) is 0 Å². The maximum Gasteiger partial charge on any atom is 0.137 e. The van der Waals surface area contributed by atoms with Crippen LogP contribution in [0.5, 0.6) is 23.0 Å². The predicted octanol–water partition coefficient (Wildman–Crippen LogP) is 28.8. The molecule has 568 valence electrons. The van der Waals surface area contributed by atoms with Crippen molar-refractivity contribution in [3.8, 4) is 23.0 Å². The molecule has 0 saturated carbocycles. The number of benzene rings is 16. The first kappa shape index (κ1) is 71.2. The third-order valence-electron chi connectivity index (χ3n) is 23.1. The second-order valence-electron chi connectivity index (χ2n) is 30.2. The summed E-state index contributed by atoms with van der Waals surface area (Å²) in [5, 5.41) is 7.78. The Labute approximate surface area is 676 Å². The van der Waals surface area contributed by atoms with Crippen molar-refractivity contribution in [2.24, 2.45) is 0 Å². The molecule has 0 fully saturated rings. The summed E-state index contributed by atoms with van der Waals surface area (Å²) in [7, 11) is 6.75. The first-order valence-corrected chi connectivity index (χ1v) is 39.2. The third-order valence-corrected chi connectivity index (χ3v) is 23.1. The van der Waals surface area contributed by atoms with E-state index >= 15 is 0 Å². The van der Waals surface area contributed by atoms with Gasteiger partial charge < -0.3 is 56.2 Å². The molecule has 12 nitrogen and oxygen atoms in total. The summed E-state index contributed by atoms with van der Waals surface area (Å²) < 4.78 is 52.0. The van der Waals surface area contributed by atoms with Gasteiger partial charge in [0.15, 0.2) is 0 Å². The SMILES string of the molecule is COc1ccc(N(c2ccc(C)cc2)c2ccc3c(c2)oc2cc(C(c4ccc5c(c4)oc4cc(N(c6ccc(C)cc6)c6ccc(C)cc6)ccc45)(c4ccc5c(c4)oc4cc(N(c6ccc(C)cc6)c6ccc(OC)cc6)ccc45)c4ccc5c(c4)oc4cc(N(c6ccc(OC)cc6)c6ccc(OC)cc6)ccc45)ccc23)cc1. The highest BCUT2D eigenvalue weighted by Gasteiger charge is 2.41. The van der Waals surface area contributed by atoms with Gasteiger partial charge in [-0.3, -0.25) is 0 Å². The van der Waals surface area contributed by atoms with Gasteiger partial charge in [-0.05, 0) is 268 Å². The van der Waals surface area contributed by atoms with Crippen LogP contribution in [0, 0.1) is 27.7 Å². The van der Waals surface area contributed by atoms with Gasteiger partial charge in [-0.2, -0.15) is 0 Å². The molecule has 117 heavy (non-hydrogen) atoms. The van der Waals surface area contributed by atoms with Gasteiger partial charge in [-0.1, -0.05) is 119 Å². The number of hydrogen-bond donors (Lipinski definition) is 0. The number of methoxy groups -OCH3 is 4. The number of ether oxygens (including phenoxy) is 4. The predicted molar refractivity (Wildman–Crippen MR) is 478 cm³/mol. The summed E-state index contributed by atoms with van der Waals surface area (Å²) >= 11 is 0. The smallest absolute Gasteiger partial charge is 0.137 e. The molecule has 0 N–H and O–H groups in total. The first-order valence-electron chi connectivity index (χ1n) is 39.2. The lowest BCUT2D eigenvalue weighted by molar-refractivity contribution is 0.414. The number of nitrogens with zero attached hydrogens (tertiary/aromatic N) is 4. The fourth-order valence-electron chi connectivity index (χ4n) is 17.0. The van der Waals surface area contributed by atoms with Crippen LogP contribution in [0.1, 0.15) is 44.5 Å². The Morgan fingerprint density at radius 1 is 0.179 bits per heavy atom. The zero-order chi connectivity index (χ0) is 79.2. The number of aryl methyl sites for hydroxylation is 4. The minimum Gasteiger partial charge on any atom is -0.497 e. The highest BCUT2D eigenvalue weighted by atomic mass is 16.5. The summed E-state index contributed by atoms with van der Waals surface area (Å²) in [5.41, 5.74) is 24.7. The number of fused-ring (bicyclic) bond motifs is 12. The molecule has 20 rings (SSSR count). The van der Waals surface area contributed by atoms with Crippen LogP contribution < -0.4 is 38.5 Å². The summed E-state index contributed by atoms with van der Waals surface area (Å²) in [5.74, 6) is 3.07. The number of anilines is 12. The molecule has 20 aromatic rings. The molecule has 0 saturated heterocycles. The highest BCUT2D eigenvalue weighted by molar-refractivity contribution is 6.11. The molecule has 0 amide bonds. The van der Waals surface area contributed by atoms with Crippen LogP contribution in [0.2, 0.25) is 0 Å². The fraction of sp³-hybridized carbons (Fsp3) is 0.0857. The van der Waals surface area contributed by atoms with Crippen LogP contribution in [-0.2, 0) is 5.41 Å². The van der Waals surface area contributed by atoms with Crippen molar-refractivity contribution >= 4 is 156 Å². The summed E-state index contributed by atoms with van der Waals surface area (Å²) in [6.45, 7) is 8.46. The molecular weight excluding hydrogens is 1450 g/mol. The van der Waals surface area contributed by atoms with Crippen molar-refractivity contribution in [2.45, 2.75) is 33.1 Å². The summed E-state index contributed by atoms with van der Waals surface area (Å²) in [6.07, 6.45) is 0. The molecular formula is C105H80N4O8. The lowest BCUT2D eigenvalue weighted by Gasteiger charge is -2.36. The first-order chi connectivity index (χ1) is 57.3. The molecule has 16 aromatic carbocycles. The fourth-order valence-corrected chi connectivity index (χ4v) is 17.0. The Bertz CT molecular complexity index is 6820. The van der Waals surface area contributed by atoms with Gasteiger partial charge in [0.05, 0.1) is 33.9 Å². The molecule has 0 aliphatic heterocycles. The molecule has 0 bridgehead atoms. The van der Waals surface area contributed by atoms with E-state index in [1.807, 2.05) is 48.5 Å². The Morgan fingerprint density at radius 2 is 0.333 bits per heavy atom. The van der Waals surface area contributed by atoms with Crippen molar-refractivity contribution in [3.05, 3.63) is 384 Å². The van der Waals surface area contributed by atoms with E-state index in [0.717, 1.165) is 185 Å². The second-order valence-corrected chi connectivity index (χ2v) is 30.2. The average Bonchev–Trinajstić information content (AvgIpc) is 1.66. The molecule has 0 radical (unpaired) electrons. The summed E-state index contributed by atoms with van der Waals surface area (Å²) in [4.78, 5) is 9.02. The number of hydrogen-bond acceptors (Lipinski definition) is 12. The van der Waals surface area contributed by atoms with Gasteiger partial charge in [0.25, 0.3) is 0 Å². The average molecular weight is 1530 g/mol. The van der Waals surface area contributed by atoms with Gasteiger partial charge in [0, 0.05) is 136 Å². The molecule has 4 aromatic heterocycles. The molecule has 0 atom stereocenters. The van der Waals surface area contributed by atoms with Crippen molar-refractivity contribution in [2.75, 3.05) is 48.0 Å². The van der Waals surface area contributed by atoms with E-state index in [1.165, 1.54) is 22.3 Å². The van der Waals surface area contributed by atoms with Crippen LogP contribution in [0.4, 0.5) is 68.2 Å². The van der Waals surface area contributed by atoms with Crippen molar-refractivity contribution in [1.29, 1.82) is 0 Å². The quantitative estimate of drug-likeness (QED) is 0.0679. The van der Waals surface area contributed by atoms with E-state index < -0.39 is 5.41 Å². The lowest BCUT2D eigenvalue weighted by atomic mass is 9.64. The van der Waals surface area contributed by atoms with Gasteiger partial charge in [0.2, 0.25) is 0 Å². The minimum absolute atomic E-state index is 0.702. The van der Waals surface area contributed by atoms with Gasteiger partial charge in [0.1, 0.15) is 67.7 Å². The Balaban J connectivity index is 0.818. The van der Waals surface area contributed by atoms with Crippen LogP contribution in [0.15, 0.2) is 357 Å². The standard InChI is InChI=1S/C105H80N4O8/c1-65-9-21-73(22-10-65)106(74-23-11-66(2)12-24-74)81-37-53-93-89-49-17-69(57-97(89)114-101(93)61-81)105(70-18-50-90-94-54-38-82(62-102(94)115-98(90)58-70)107(75-25-13-67(3)14-26-75)77-29-41-85(110-5)42-30-77,71-19-51-91-95-55-39-83(63-103(95)116-99(91)59-71)108(76-27-15-68(4)16-28-76)78-31-43-86(111-6)44-32-78)72-20-52-92-96-56-40-84(64-104(96)117-100(92)60-72)109(79-33-45-87(112-7)46-34-79)80-35-47-88(113-8)48-36-80/h9-64H,1-8H3.